The monoisotopic (exact) mass is 211 g/mol. The summed E-state index contributed by atoms with van der Waals surface area (Å²) in [7, 11) is 0. The maximum atomic E-state index is 5.29. The minimum absolute atomic E-state index is 0.866. The number of morpholine rings is 1. The van der Waals surface area contributed by atoms with E-state index in [1.165, 1.54) is 6.26 Å². The molecule has 0 unspecified atom stereocenters. The average molecular weight is 211 g/mol. The summed E-state index contributed by atoms with van der Waals surface area (Å²) in [5.74, 6) is 0.908. The smallest absolute Gasteiger partial charge is 0.138 e. The second-order valence-electron chi connectivity index (χ2n) is 3.67. The molecule has 1 fully saturated rings. The van der Waals surface area contributed by atoms with E-state index in [1.807, 2.05) is 0 Å². The van der Waals surface area contributed by atoms with Crippen LogP contribution in [0.25, 0.3) is 0 Å². The van der Waals surface area contributed by atoms with Gasteiger partial charge in [-0.05, 0) is 13.0 Å². The third-order valence-electron chi connectivity index (χ3n) is 2.55. The molecular weight excluding hydrogens is 194 g/mol. The van der Waals surface area contributed by atoms with Gasteiger partial charge in [0, 0.05) is 19.5 Å². The molecular formula is C11H17NO3. The van der Waals surface area contributed by atoms with Gasteiger partial charge in [0.1, 0.15) is 24.5 Å². The van der Waals surface area contributed by atoms with Crippen molar-refractivity contribution < 1.29 is 14.2 Å². The predicted molar refractivity (Wildman–Crippen MR) is 55.9 cm³/mol. The van der Waals surface area contributed by atoms with E-state index in [0.29, 0.717) is 0 Å². The number of ether oxygens (including phenoxy) is 3. The Labute approximate surface area is 90.1 Å². The molecule has 0 spiro atoms. The van der Waals surface area contributed by atoms with Crippen LogP contribution in [-0.4, -0.2) is 37.7 Å². The number of nitrogens with zero attached hydrogens (tertiary/aromatic N) is 1. The fourth-order valence-electron chi connectivity index (χ4n) is 1.71. The van der Waals surface area contributed by atoms with Gasteiger partial charge in [-0.1, -0.05) is 0 Å². The van der Waals surface area contributed by atoms with E-state index in [-0.39, 0.29) is 0 Å². The van der Waals surface area contributed by atoms with Gasteiger partial charge in [-0.25, -0.2) is 0 Å². The third kappa shape index (κ3) is 3.57. The van der Waals surface area contributed by atoms with E-state index in [9.17, 15) is 0 Å². The van der Waals surface area contributed by atoms with E-state index in [2.05, 4.69) is 4.90 Å². The summed E-state index contributed by atoms with van der Waals surface area (Å²) in [6.07, 6.45) is 6.81. The lowest BCUT2D eigenvalue weighted by Gasteiger charge is -2.26. The Morgan fingerprint density at radius 3 is 2.80 bits per heavy atom. The molecule has 4 heteroatoms. The van der Waals surface area contributed by atoms with Crippen molar-refractivity contribution in [2.45, 2.75) is 12.8 Å². The zero-order valence-electron chi connectivity index (χ0n) is 8.85. The molecule has 0 bridgehead atoms. The first-order valence-electron chi connectivity index (χ1n) is 5.41. The van der Waals surface area contributed by atoms with Crippen molar-refractivity contribution in [2.24, 2.45) is 0 Å². The van der Waals surface area contributed by atoms with Crippen molar-refractivity contribution in [3.05, 3.63) is 24.5 Å². The van der Waals surface area contributed by atoms with Gasteiger partial charge in [0.25, 0.3) is 0 Å². The van der Waals surface area contributed by atoms with Gasteiger partial charge in [0.2, 0.25) is 0 Å². The highest BCUT2D eigenvalue weighted by Crippen LogP contribution is 2.12. The van der Waals surface area contributed by atoms with Gasteiger partial charge in [-0.2, -0.15) is 0 Å². The van der Waals surface area contributed by atoms with E-state index >= 15 is 0 Å². The van der Waals surface area contributed by atoms with Crippen molar-refractivity contribution in [3.63, 3.8) is 0 Å². The molecule has 0 N–H and O–H groups in total. The van der Waals surface area contributed by atoms with Crippen LogP contribution in [0.4, 0.5) is 0 Å². The molecule has 0 aliphatic carbocycles. The van der Waals surface area contributed by atoms with Crippen LogP contribution in [0, 0.1) is 0 Å². The molecule has 2 aliphatic heterocycles. The second kappa shape index (κ2) is 5.78. The highest BCUT2D eigenvalue weighted by atomic mass is 16.5. The van der Waals surface area contributed by atoms with Crippen LogP contribution in [0.3, 0.4) is 0 Å². The Morgan fingerprint density at radius 1 is 1.20 bits per heavy atom. The SMILES string of the molecule is C1=COC(CCCN2CCOCC2)=CO1. The molecule has 15 heavy (non-hydrogen) atoms. The number of rotatable bonds is 4. The molecule has 0 aromatic heterocycles. The summed E-state index contributed by atoms with van der Waals surface area (Å²) in [6, 6.07) is 0. The van der Waals surface area contributed by atoms with Gasteiger partial charge in [-0.3, -0.25) is 4.90 Å². The van der Waals surface area contributed by atoms with E-state index in [4.69, 9.17) is 14.2 Å². The van der Waals surface area contributed by atoms with E-state index < -0.39 is 0 Å². The fraction of sp³-hybridized carbons (Fsp3) is 0.636. The molecule has 4 nitrogen and oxygen atoms in total. The molecule has 0 amide bonds. The van der Waals surface area contributed by atoms with Crippen molar-refractivity contribution in [1.82, 2.24) is 4.90 Å². The van der Waals surface area contributed by atoms with Gasteiger partial charge >= 0.3 is 0 Å². The van der Waals surface area contributed by atoms with Crippen molar-refractivity contribution in [2.75, 3.05) is 32.8 Å². The first-order valence-corrected chi connectivity index (χ1v) is 5.41. The number of hydrogen-bond acceptors (Lipinski definition) is 4. The van der Waals surface area contributed by atoms with Crippen molar-refractivity contribution in [3.8, 4) is 0 Å². The quantitative estimate of drug-likeness (QED) is 0.704. The molecule has 2 heterocycles. The standard InChI is InChI=1S/C11H17NO3/c1(2-11-10-14-8-9-15-11)3-12-4-6-13-7-5-12/h8-10H,1-7H2. The van der Waals surface area contributed by atoms with Crippen LogP contribution in [0.1, 0.15) is 12.8 Å². The van der Waals surface area contributed by atoms with Gasteiger partial charge in [0.15, 0.2) is 0 Å². The Kier molecular flexibility index (Phi) is 4.05. The molecule has 0 aromatic rings. The van der Waals surface area contributed by atoms with Gasteiger partial charge < -0.3 is 14.2 Å². The Balaban J connectivity index is 1.59. The Morgan fingerprint density at radius 2 is 2.07 bits per heavy atom. The molecule has 1 saturated heterocycles. The average Bonchev–Trinajstić information content (AvgIpc) is 2.32. The van der Waals surface area contributed by atoms with E-state index in [1.54, 1.807) is 12.5 Å². The zero-order valence-corrected chi connectivity index (χ0v) is 8.85. The summed E-state index contributed by atoms with van der Waals surface area (Å²) in [5.41, 5.74) is 0. The minimum atomic E-state index is 0.866. The Bertz CT molecular complexity index is 244. The molecule has 2 rings (SSSR count). The molecule has 0 aromatic carbocycles. The second-order valence-corrected chi connectivity index (χ2v) is 3.67. The molecule has 0 saturated carbocycles. The lowest BCUT2D eigenvalue weighted by atomic mass is 10.2. The summed E-state index contributed by atoms with van der Waals surface area (Å²) in [5, 5.41) is 0. The van der Waals surface area contributed by atoms with Gasteiger partial charge in [0.05, 0.1) is 13.2 Å². The minimum Gasteiger partial charge on any atom is -0.466 e. The van der Waals surface area contributed by atoms with Crippen LogP contribution in [0.5, 0.6) is 0 Å². The zero-order chi connectivity index (χ0) is 10.3. The first-order chi connectivity index (χ1) is 7.45. The summed E-state index contributed by atoms with van der Waals surface area (Å²) >= 11 is 0. The maximum absolute atomic E-state index is 5.29. The van der Waals surface area contributed by atoms with Crippen LogP contribution in [-0.2, 0) is 14.2 Å². The fourth-order valence-corrected chi connectivity index (χ4v) is 1.71. The maximum Gasteiger partial charge on any atom is 0.138 e. The number of hydrogen-bond donors (Lipinski definition) is 0. The highest BCUT2D eigenvalue weighted by Gasteiger charge is 2.10. The lowest BCUT2D eigenvalue weighted by Crippen LogP contribution is -2.36. The van der Waals surface area contributed by atoms with Gasteiger partial charge in [-0.15, -0.1) is 0 Å². The van der Waals surface area contributed by atoms with Crippen LogP contribution in [0.2, 0.25) is 0 Å². The molecule has 2 aliphatic rings. The third-order valence-corrected chi connectivity index (χ3v) is 2.55. The van der Waals surface area contributed by atoms with Crippen LogP contribution < -0.4 is 0 Å². The predicted octanol–water partition coefficient (Wildman–Crippen LogP) is 1.46. The highest BCUT2D eigenvalue weighted by molar-refractivity contribution is 4.94. The lowest BCUT2D eigenvalue weighted by molar-refractivity contribution is 0.0370. The summed E-state index contributed by atoms with van der Waals surface area (Å²) in [6.45, 7) is 4.94. The normalized spacial score (nSPS) is 21.7. The van der Waals surface area contributed by atoms with E-state index in [0.717, 1.165) is 51.4 Å². The van der Waals surface area contributed by atoms with Crippen molar-refractivity contribution in [1.29, 1.82) is 0 Å². The molecule has 0 radical (unpaired) electrons. The Hall–Kier alpha value is -1.00. The summed E-state index contributed by atoms with van der Waals surface area (Å²) in [4.78, 5) is 2.42. The van der Waals surface area contributed by atoms with Crippen molar-refractivity contribution >= 4 is 0 Å². The molecule has 84 valence electrons. The first kappa shape index (κ1) is 10.5. The topological polar surface area (TPSA) is 30.9 Å². The largest absolute Gasteiger partial charge is 0.466 e. The summed E-state index contributed by atoms with van der Waals surface area (Å²) < 4.78 is 15.6. The molecule has 0 atom stereocenters. The van der Waals surface area contributed by atoms with Crippen LogP contribution in [0.15, 0.2) is 24.5 Å². The number of allylic oxidation sites excluding steroid dienone is 1. The van der Waals surface area contributed by atoms with Crippen LogP contribution >= 0.6 is 0 Å².